The van der Waals surface area contributed by atoms with Gasteiger partial charge in [-0.3, -0.25) is 0 Å². The third-order valence-electron chi connectivity index (χ3n) is 2.75. The van der Waals surface area contributed by atoms with E-state index in [-0.39, 0.29) is 12.3 Å². The first kappa shape index (κ1) is 11.7. The Bertz CT molecular complexity index is 424. The van der Waals surface area contributed by atoms with Crippen LogP contribution in [0.5, 0.6) is 11.5 Å². The Kier molecular flexibility index (Phi) is 2.88. The van der Waals surface area contributed by atoms with E-state index in [1.54, 1.807) is 0 Å². The predicted octanol–water partition coefficient (Wildman–Crippen LogP) is 2.93. The number of nitrogens with two attached hydrogens (primary N) is 1. The number of hydrogen-bond donors (Lipinski definition) is 1. The van der Waals surface area contributed by atoms with E-state index in [1.807, 2.05) is 19.9 Å². The zero-order chi connectivity index (χ0) is 11.9. The average Bonchev–Trinajstić information content (AvgIpc) is 2.65. The molecule has 1 aliphatic rings. The Hall–Kier alpha value is -0.740. The van der Waals surface area contributed by atoms with Crippen LogP contribution in [0.2, 0.25) is 0 Å². The summed E-state index contributed by atoms with van der Waals surface area (Å²) < 4.78 is 11.9. The van der Waals surface area contributed by atoms with Crippen LogP contribution in [0.15, 0.2) is 10.5 Å². The van der Waals surface area contributed by atoms with Gasteiger partial charge in [0, 0.05) is 11.1 Å². The van der Waals surface area contributed by atoms with Crippen LogP contribution < -0.4 is 15.2 Å². The molecule has 0 bridgehead atoms. The van der Waals surface area contributed by atoms with Gasteiger partial charge in [0.15, 0.2) is 11.5 Å². The molecule has 0 amide bonds. The Morgan fingerprint density at radius 1 is 1.38 bits per heavy atom. The number of fused-ring (bicyclic) bond motifs is 1. The first-order chi connectivity index (χ1) is 7.45. The molecule has 4 heteroatoms. The largest absolute Gasteiger partial charge is 0.453 e. The maximum absolute atomic E-state index is 6.18. The molecule has 1 aromatic rings. The number of benzene rings is 1. The minimum Gasteiger partial charge on any atom is -0.453 e. The Morgan fingerprint density at radius 3 is 2.56 bits per heavy atom. The summed E-state index contributed by atoms with van der Waals surface area (Å²) in [5.74, 6) is 1.63. The molecule has 2 rings (SSSR count). The lowest BCUT2D eigenvalue weighted by Crippen LogP contribution is -2.30. The van der Waals surface area contributed by atoms with Gasteiger partial charge in [0.2, 0.25) is 6.79 Å². The first-order valence-electron chi connectivity index (χ1n) is 5.35. The summed E-state index contributed by atoms with van der Waals surface area (Å²) in [5, 5.41) is 0. The van der Waals surface area contributed by atoms with Crippen LogP contribution >= 0.6 is 15.9 Å². The number of halogens is 1. The van der Waals surface area contributed by atoms with Crippen LogP contribution in [0.1, 0.15) is 31.9 Å². The van der Waals surface area contributed by atoms with E-state index in [9.17, 15) is 0 Å². The molecule has 0 radical (unpaired) electrons. The van der Waals surface area contributed by atoms with E-state index < -0.39 is 0 Å². The molecule has 88 valence electrons. The summed E-state index contributed by atoms with van der Waals surface area (Å²) in [6, 6.07) is 2.03. The summed E-state index contributed by atoms with van der Waals surface area (Å²) in [5.41, 5.74) is 8.04. The molecule has 0 fully saturated rings. The third kappa shape index (κ3) is 1.80. The molecule has 16 heavy (non-hydrogen) atoms. The minimum atomic E-state index is -0.380. The molecule has 1 aliphatic heterocycles. The van der Waals surface area contributed by atoms with Crippen molar-refractivity contribution < 1.29 is 9.47 Å². The molecular weight excluding hydrogens is 270 g/mol. The average molecular weight is 286 g/mol. The molecule has 3 nitrogen and oxygen atoms in total. The van der Waals surface area contributed by atoms with Gasteiger partial charge < -0.3 is 15.2 Å². The van der Waals surface area contributed by atoms with E-state index in [1.165, 1.54) is 0 Å². The first-order valence-corrected chi connectivity index (χ1v) is 6.14. The summed E-state index contributed by atoms with van der Waals surface area (Å²) in [6.45, 7) is 6.38. The van der Waals surface area contributed by atoms with E-state index in [0.717, 1.165) is 33.5 Å². The molecule has 0 aliphatic carbocycles. The second kappa shape index (κ2) is 3.93. The lowest BCUT2D eigenvalue weighted by molar-refractivity contribution is 0.172. The molecular formula is C12H16BrNO2. The Labute approximate surface area is 104 Å². The number of ether oxygens (including phenoxy) is 2. The van der Waals surface area contributed by atoms with Crippen LogP contribution in [0.4, 0.5) is 0 Å². The Balaban J connectivity index is 2.67. The highest BCUT2D eigenvalue weighted by Gasteiger charge is 2.28. The Morgan fingerprint density at radius 2 is 2.00 bits per heavy atom. The molecule has 0 atom stereocenters. The highest BCUT2D eigenvalue weighted by atomic mass is 79.9. The van der Waals surface area contributed by atoms with Crippen molar-refractivity contribution in [2.45, 2.75) is 32.7 Å². The topological polar surface area (TPSA) is 44.5 Å². The van der Waals surface area contributed by atoms with Gasteiger partial charge in [-0.05, 0) is 47.8 Å². The van der Waals surface area contributed by atoms with Crippen molar-refractivity contribution in [3.8, 4) is 11.5 Å². The minimum absolute atomic E-state index is 0.287. The van der Waals surface area contributed by atoms with Gasteiger partial charge in [-0.2, -0.15) is 0 Å². The lowest BCUT2D eigenvalue weighted by atomic mass is 9.89. The van der Waals surface area contributed by atoms with Crippen molar-refractivity contribution in [3.63, 3.8) is 0 Å². The van der Waals surface area contributed by atoms with Gasteiger partial charge in [0.25, 0.3) is 0 Å². The van der Waals surface area contributed by atoms with Gasteiger partial charge in [-0.15, -0.1) is 0 Å². The summed E-state index contributed by atoms with van der Waals surface area (Å²) in [6.07, 6.45) is 0.884. The van der Waals surface area contributed by atoms with E-state index in [4.69, 9.17) is 15.2 Å². The zero-order valence-corrected chi connectivity index (χ0v) is 11.3. The van der Waals surface area contributed by atoms with E-state index in [2.05, 4.69) is 22.9 Å². The number of rotatable bonds is 2. The molecule has 0 saturated heterocycles. The molecule has 0 aromatic heterocycles. The standard InChI is InChI=1S/C12H16BrNO2/c1-4-7-8(12(2,3)14)5-9(13)11-10(7)15-6-16-11/h5H,4,6,14H2,1-3H3. The summed E-state index contributed by atoms with van der Waals surface area (Å²) in [4.78, 5) is 0. The number of hydrogen-bond acceptors (Lipinski definition) is 3. The van der Waals surface area contributed by atoms with Crippen molar-refractivity contribution in [1.82, 2.24) is 0 Å². The predicted molar refractivity (Wildman–Crippen MR) is 66.9 cm³/mol. The van der Waals surface area contributed by atoms with Crippen molar-refractivity contribution in [3.05, 3.63) is 21.7 Å². The fourth-order valence-corrected chi connectivity index (χ4v) is 2.53. The molecule has 0 saturated carbocycles. The van der Waals surface area contributed by atoms with Gasteiger partial charge >= 0.3 is 0 Å². The quantitative estimate of drug-likeness (QED) is 0.909. The van der Waals surface area contributed by atoms with Crippen LogP contribution in [-0.2, 0) is 12.0 Å². The second-order valence-corrected chi connectivity index (χ2v) is 5.38. The summed E-state index contributed by atoms with van der Waals surface area (Å²) >= 11 is 3.49. The second-order valence-electron chi connectivity index (χ2n) is 4.52. The van der Waals surface area contributed by atoms with E-state index >= 15 is 0 Å². The monoisotopic (exact) mass is 285 g/mol. The molecule has 1 heterocycles. The van der Waals surface area contributed by atoms with Gasteiger partial charge in [-0.1, -0.05) is 6.92 Å². The van der Waals surface area contributed by atoms with Gasteiger partial charge in [0.1, 0.15) is 0 Å². The van der Waals surface area contributed by atoms with Crippen molar-refractivity contribution in [1.29, 1.82) is 0 Å². The molecule has 2 N–H and O–H groups in total. The normalized spacial score (nSPS) is 14.3. The highest BCUT2D eigenvalue weighted by molar-refractivity contribution is 9.10. The fraction of sp³-hybridized carbons (Fsp3) is 0.500. The van der Waals surface area contributed by atoms with Crippen LogP contribution in [-0.4, -0.2) is 6.79 Å². The van der Waals surface area contributed by atoms with Crippen molar-refractivity contribution >= 4 is 15.9 Å². The lowest BCUT2D eigenvalue weighted by Gasteiger charge is -2.24. The molecule has 1 aromatic carbocycles. The van der Waals surface area contributed by atoms with Gasteiger partial charge in [-0.25, -0.2) is 0 Å². The van der Waals surface area contributed by atoms with Crippen molar-refractivity contribution in [2.24, 2.45) is 5.73 Å². The maximum Gasteiger partial charge on any atom is 0.231 e. The van der Waals surface area contributed by atoms with E-state index in [0.29, 0.717) is 0 Å². The van der Waals surface area contributed by atoms with Gasteiger partial charge in [0.05, 0.1) is 4.47 Å². The maximum atomic E-state index is 6.18. The smallest absolute Gasteiger partial charge is 0.231 e. The zero-order valence-electron chi connectivity index (χ0n) is 9.76. The summed E-state index contributed by atoms with van der Waals surface area (Å²) in [7, 11) is 0. The van der Waals surface area contributed by atoms with Crippen LogP contribution in [0, 0.1) is 0 Å². The SMILES string of the molecule is CCc1c(C(C)(C)N)cc(Br)c2c1OCO2. The molecule has 0 spiro atoms. The van der Waals surface area contributed by atoms with Crippen LogP contribution in [0.3, 0.4) is 0 Å². The highest BCUT2D eigenvalue weighted by Crippen LogP contribution is 2.45. The van der Waals surface area contributed by atoms with Crippen molar-refractivity contribution in [2.75, 3.05) is 6.79 Å². The fourth-order valence-electron chi connectivity index (χ4n) is 2.01. The third-order valence-corrected chi connectivity index (χ3v) is 3.34. The van der Waals surface area contributed by atoms with Crippen LogP contribution in [0.25, 0.3) is 0 Å². The molecule has 0 unspecified atom stereocenters.